The Balaban J connectivity index is 1.73. The smallest absolute Gasteiger partial charge is 0.410 e. The van der Waals surface area contributed by atoms with E-state index in [9.17, 15) is 13.2 Å². The van der Waals surface area contributed by atoms with Gasteiger partial charge in [0, 0.05) is 19.0 Å². The quantitative estimate of drug-likeness (QED) is 0.841. The molecule has 4 rings (SSSR count). The van der Waals surface area contributed by atoms with Gasteiger partial charge in [0.25, 0.3) is 0 Å². The van der Waals surface area contributed by atoms with Gasteiger partial charge in [-0.1, -0.05) is 48.5 Å². The Labute approximate surface area is 165 Å². The maximum absolute atomic E-state index is 12.7. The van der Waals surface area contributed by atoms with E-state index in [1.807, 2.05) is 24.3 Å². The third-order valence-electron chi connectivity index (χ3n) is 5.44. The molecule has 1 amide bonds. The van der Waals surface area contributed by atoms with Crippen LogP contribution in [0.15, 0.2) is 48.5 Å². The molecule has 2 heterocycles. The van der Waals surface area contributed by atoms with E-state index in [0.717, 1.165) is 28.5 Å². The van der Waals surface area contributed by atoms with Gasteiger partial charge in [-0.15, -0.1) is 0 Å². The van der Waals surface area contributed by atoms with E-state index in [0.29, 0.717) is 32.4 Å². The molecule has 2 aliphatic rings. The molecule has 1 fully saturated rings. The number of amides is 1. The van der Waals surface area contributed by atoms with Crippen LogP contribution in [0.2, 0.25) is 0 Å². The molecule has 2 unspecified atom stereocenters. The third kappa shape index (κ3) is 4.05. The minimum Gasteiger partial charge on any atom is -0.449 e. The highest BCUT2D eigenvalue weighted by Gasteiger charge is 2.39. The number of hydrogen-bond acceptors (Lipinski definition) is 4. The predicted octanol–water partition coefficient (Wildman–Crippen LogP) is 2.58. The number of cyclic esters (lactones) is 1. The Morgan fingerprint density at radius 2 is 1.96 bits per heavy atom. The summed E-state index contributed by atoms with van der Waals surface area (Å²) in [6.07, 6.45) is 2.55. The molecular weight excluding hydrogens is 376 g/mol. The number of nitrogens with zero attached hydrogens (tertiary/aromatic N) is 1. The highest BCUT2D eigenvalue weighted by Crippen LogP contribution is 2.29. The number of benzene rings is 2. The van der Waals surface area contributed by atoms with E-state index in [-0.39, 0.29) is 18.2 Å². The molecular formula is C21H24N2O4S. The normalized spacial score (nSPS) is 22.5. The molecule has 0 aliphatic carbocycles. The first-order valence-electron chi connectivity index (χ1n) is 9.48. The Morgan fingerprint density at radius 3 is 2.79 bits per heavy atom. The Bertz CT molecular complexity index is 989. The molecule has 2 atom stereocenters. The van der Waals surface area contributed by atoms with Crippen LogP contribution in [-0.2, 0) is 27.6 Å². The second-order valence-corrected chi connectivity index (χ2v) is 9.25. The lowest BCUT2D eigenvalue weighted by Crippen LogP contribution is -2.47. The summed E-state index contributed by atoms with van der Waals surface area (Å²) in [5.41, 5.74) is 4.47. The number of ether oxygens (including phenoxy) is 1. The highest BCUT2D eigenvalue weighted by atomic mass is 32.2. The van der Waals surface area contributed by atoms with Gasteiger partial charge < -0.3 is 9.64 Å². The zero-order valence-electron chi connectivity index (χ0n) is 15.8. The Kier molecular flexibility index (Phi) is 5.12. The van der Waals surface area contributed by atoms with Crippen molar-refractivity contribution in [3.05, 3.63) is 59.7 Å². The monoisotopic (exact) mass is 400 g/mol. The summed E-state index contributed by atoms with van der Waals surface area (Å²) in [4.78, 5) is 14.4. The van der Waals surface area contributed by atoms with Crippen LogP contribution in [0.25, 0.3) is 11.1 Å². The lowest BCUT2D eigenvalue weighted by molar-refractivity contribution is 0.0972. The number of nitrogens with one attached hydrogen (secondary N) is 1. The van der Waals surface area contributed by atoms with Crippen molar-refractivity contribution in [2.75, 3.05) is 19.4 Å². The summed E-state index contributed by atoms with van der Waals surface area (Å²) in [6.45, 7) is 0.774. The van der Waals surface area contributed by atoms with Crippen molar-refractivity contribution < 1.29 is 17.9 Å². The van der Waals surface area contributed by atoms with Gasteiger partial charge in [0.05, 0.1) is 18.9 Å². The fourth-order valence-electron chi connectivity index (χ4n) is 4.20. The van der Waals surface area contributed by atoms with Crippen LogP contribution in [0.1, 0.15) is 17.5 Å². The topological polar surface area (TPSA) is 75.7 Å². The number of hydrogen-bond donors (Lipinski definition) is 1. The summed E-state index contributed by atoms with van der Waals surface area (Å²) < 4.78 is 31.8. The van der Waals surface area contributed by atoms with Crippen LogP contribution in [0.5, 0.6) is 0 Å². The van der Waals surface area contributed by atoms with E-state index < -0.39 is 10.0 Å². The number of rotatable bonds is 2. The summed E-state index contributed by atoms with van der Waals surface area (Å²) >= 11 is 0. The van der Waals surface area contributed by atoms with Gasteiger partial charge in [-0.05, 0) is 35.1 Å². The number of carbonyl (C=O) groups excluding carboxylic acids is 1. The van der Waals surface area contributed by atoms with Gasteiger partial charge >= 0.3 is 6.09 Å². The van der Waals surface area contributed by atoms with Crippen molar-refractivity contribution in [3.63, 3.8) is 0 Å². The van der Waals surface area contributed by atoms with Gasteiger partial charge in [0.2, 0.25) is 10.0 Å². The SMILES string of the molecule is CS(=O)(=O)NC1CCN2C(=O)OCCc3ccccc3-c3cccc(c3)CC12. The molecule has 6 nitrogen and oxygen atoms in total. The van der Waals surface area contributed by atoms with Crippen LogP contribution in [0, 0.1) is 0 Å². The molecule has 0 aromatic heterocycles. The van der Waals surface area contributed by atoms with E-state index in [1.165, 1.54) is 0 Å². The van der Waals surface area contributed by atoms with Crippen molar-refractivity contribution in [1.82, 2.24) is 9.62 Å². The molecule has 28 heavy (non-hydrogen) atoms. The van der Waals surface area contributed by atoms with Crippen LogP contribution in [0.3, 0.4) is 0 Å². The zero-order chi connectivity index (χ0) is 19.7. The van der Waals surface area contributed by atoms with E-state index in [2.05, 4.69) is 29.0 Å². The molecule has 2 aromatic carbocycles. The molecule has 2 aliphatic heterocycles. The molecule has 0 radical (unpaired) electrons. The first-order chi connectivity index (χ1) is 13.4. The third-order valence-corrected chi connectivity index (χ3v) is 6.17. The average molecular weight is 401 g/mol. The standard InChI is InChI=1S/C21H24N2O4S/c1-28(25,26)22-19-9-11-23-20(19)14-15-5-4-7-17(13-15)18-8-3-2-6-16(18)10-12-27-21(23)24/h2-8,13,19-20,22H,9-12,14H2,1H3. The van der Waals surface area contributed by atoms with Crippen molar-refractivity contribution in [2.24, 2.45) is 0 Å². The van der Waals surface area contributed by atoms with E-state index in [4.69, 9.17) is 4.74 Å². The summed E-state index contributed by atoms with van der Waals surface area (Å²) in [5, 5.41) is 0. The molecule has 1 saturated heterocycles. The van der Waals surface area contributed by atoms with Gasteiger partial charge in [-0.25, -0.2) is 17.9 Å². The minimum atomic E-state index is -3.36. The number of sulfonamides is 1. The zero-order valence-corrected chi connectivity index (χ0v) is 16.6. The van der Waals surface area contributed by atoms with Gasteiger partial charge in [0.1, 0.15) is 0 Å². The van der Waals surface area contributed by atoms with Crippen molar-refractivity contribution in [2.45, 2.75) is 31.3 Å². The van der Waals surface area contributed by atoms with Crippen molar-refractivity contribution in [1.29, 1.82) is 0 Å². The number of carbonyl (C=O) groups is 1. The summed E-state index contributed by atoms with van der Waals surface area (Å²) in [7, 11) is -3.36. The first kappa shape index (κ1) is 19.0. The molecule has 2 bridgehead atoms. The Hall–Kier alpha value is -2.38. The summed E-state index contributed by atoms with van der Waals surface area (Å²) in [5.74, 6) is 0. The maximum Gasteiger partial charge on any atom is 0.410 e. The summed E-state index contributed by atoms with van der Waals surface area (Å²) in [6, 6.07) is 15.8. The lowest BCUT2D eigenvalue weighted by Gasteiger charge is -2.28. The largest absolute Gasteiger partial charge is 0.449 e. The minimum absolute atomic E-state index is 0.271. The molecule has 148 valence electrons. The van der Waals surface area contributed by atoms with Crippen LogP contribution < -0.4 is 4.72 Å². The second-order valence-electron chi connectivity index (χ2n) is 7.47. The molecule has 7 heteroatoms. The van der Waals surface area contributed by atoms with E-state index >= 15 is 0 Å². The van der Waals surface area contributed by atoms with Crippen LogP contribution in [0.4, 0.5) is 4.79 Å². The molecule has 2 aromatic rings. The molecule has 1 N–H and O–H groups in total. The first-order valence-corrected chi connectivity index (χ1v) is 11.4. The van der Waals surface area contributed by atoms with E-state index in [1.54, 1.807) is 4.90 Å². The highest BCUT2D eigenvalue weighted by molar-refractivity contribution is 7.88. The average Bonchev–Trinajstić information content (AvgIpc) is 3.02. The van der Waals surface area contributed by atoms with Crippen molar-refractivity contribution >= 4 is 16.1 Å². The van der Waals surface area contributed by atoms with Gasteiger partial charge in [-0.2, -0.15) is 0 Å². The second kappa shape index (κ2) is 7.56. The van der Waals surface area contributed by atoms with Crippen LogP contribution >= 0.6 is 0 Å². The van der Waals surface area contributed by atoms with Gasteiger partial charge in [0.15, 0.2) is 0 Å². The number of fused-ring (bicyclic) bond motifs is 5. The fourth-order valence-corrected chi connectivity index (χ4v) is 5.03. The maximum atomic E-state index is 12.7. The lowest BCUT2D eigenvalue weighted by atomic mass is 9.94. The van der Waals surface area contributed by atoms with Crippen molar-refractivity contribution in [3.8, 4) is 11.1 Å². The fraction of sp³-hybridized carbons (Fsp3) is 0.381. The Morgan fingerprint density at radius 1 is 1.14 bits per heavy atom. The predicted molar refractivity (Wildman–Crippen MR) is 108 cm³/mol. The molecule has 0 saturated carbocycles. The van der Waals surface area contributed by atoms with Gasteiger partial charge in [-0.3, -0.25) is 0 Å². The molecule has 0 spiro atoms. The van der Waals surface area contributed by atoms with Crippen LogP contribution in [-0.4, -0.2) is 50.9 Å².